The van der Waals surface area contributed by atoms with Gasteiger partial charge in [0.05, 0.1) is 0 Å². The van der Waals surface area contributed by atoms with E-state index >= 15 is 0 Å². The molecule has 1 aromatic heterocycles. The van der Waals surface area contributed by atoms with Crippen molar-refractivity contribution < 1.29 is 0 Å². The first-order valence-corrected chi connectivity index (χ1v) is 8.31. The highest BCUT2D eigenvalue weighted by Crippen LogP contribution is 2.17. The SMILES string of the molecule is CC(CNCc1c[nH]c2ccccc12)CN1CCCCC1. The van der Waals surface area contributed by atoms with Crippen molar-refractivity contribution >= 4 is 10.9 Å². The topological polar surface area (TPSA) is 31.1 Å². The van der Waals surface area contributed by atoms with Crippen LogP contribution in [-0.4, -0.2) is 36.1 Å². The molecule has 1 unspecified atom stereocenters. The summed E-state index contributed by atoms with van der Waals surface area (Å²) in [5.41, 5.74) is 2.60. The average Bonchev–Trinajstić information content (AvgIpc) is 2.92. The lowest BCUT2D eigenvalue weighted by atomic mass is 10.1. The number of aromatic nitrogens is 1. The lowest BCUT2D eigenvalue weighted by Crippen LogP contribution is -2.36. The zero-order valence-electron chi connectivity index (χ0n) is 13.1. The molecule has 0 amide bonds. The summed E-state index contributed by atoms with van der Waals surface area (Å²) in [4.78, 5) is 5.97. The molecule has 1 fully saturated rings. The van der Waals surface area contributed by atoms with Crippen LogP contribution in [0.2, 0.25) is 0 Å². The van der Waals surface area contributed by atoms with Crippen LogP contribution in [0.25, 0.3) is 10.9 Å². The van der Waals surface area contributed by atoms with Crippen LogP contribution >= 0.6 is 0 Å². The van der Waals surface area contributed by atoms with Crippen molar-refractivity contribution in [2.75, 3.05) is 26.2 Å². The van der Waals surface area contributed by atoms with E-state index in [1.165, 1.54) is 55.4 Å². The first-order valence-electron chi connectivity index (χ1n) is 8.31. The molecule has 2 aromatic rings. The number of hydrogen-bond donors (Lipinski definition) is 2. The van der Waals surface area contributed by atoms with Crippen molar-refractivity contribution in [2.24, 2.45) is 5.92 Å². The fourth-order valence-electron chi connectivity index (χ4n) is 3.38. The molecule has 2 N–H and O–H groups in total. The Bertz CT molecular complexity index is 554. The summed E-state index contributed by atoms with van der Waals surface area (Å²) in [6, 6.07) is 8.52. The Morgan fingerprint density at radius 1 is 1.19 bits per heavy atom. The van der Waals surface area contributed by atoms with E-state index in [0.717, 1.165) is 13.1 Å². The second-order valence-corrected chi connectivity index (χ2v) is 6.46. The number of benzene rings is 1. The fraction of sp³-hybridized carbons (Fsp3) is 0.556. The Kier molecular flexibility index (Phi) is 4.94. The second-order valence-electron chi connectivity index (χ2n) is 6.46. The largest absolute Gasteiger partial charge is 0.361 e. The molecule has 1 atom stereocenters. The molecule has 0 aliphatic carbocycles. The predicted molar refractivity (Wildman–Crippen MR) is 89.5 cm³/mol. The second kappa shape index (κ2) is 7.10. The van der Waals surface area contributed by atoms with Gasteiger partial charge >= 0.3 is 0 Å². The highest BCUT2D eigenvalue weighted by molar-refractivity contribution is 5.82. The number of aromatic amines is 1. The van der Waals surface area contributed by atoms with Gasteiger partial charge in [-0.3, -0.25) is 0 Å². The van der Waals surface area contributed by atoms with Gasteiger partial charge in [-0.25, -0.2) is 0 Å². The van der Waals surface area contributed by atoms with E-state index < -0.39 is 0 Å². The van der Waals surface area contributed by atoms with Gasteiger partial charge in [0.15, 0.2) is 0 Å². The Hall–Kier alpha value is -1.32. The van der Waals surface area contributed by atoms with Gasteiger partial charge in [-0.2, -0.15) is 0 Å². The molecule has 3 nitrogen and oxygen atoms in total. The summed E-state index contributed by atoms with van der Waals surface area (Å²) in [6.45, 7) is 8.24. The maximum atomic E-state index is 3.62. The summed E-state index contributed by atoms with van der Waals surface area (Å²) < 4.78 is 0. The van der Waals surface area contributed by atoms with E-state index in [2.05, 4.69) is 52.6 Å². The van der Waals surface area contributed by atoms with Crippen LogP contribution in [-0.2, 0) is 6.54 Å². The van der Waals surface area contributed by atoms with Crippen LogP contribution in [0.3, 0.4) is 0 Å². The van der Waals surface area contributed by atoms with E-state index in [1.807, 2.05) is 0 Å². The third-order valence-corrected chi connectivity index (χ3v) is 4.50. The Labute approximate surface area is 127 Å². The van der Waals surface area contributed by atoms with Crippen molar-refractivity contribution in [3.63, 3.8) is 0 Å². The monoisotopic (exact) mass is 285 g/mol. The molecule has 1 aromatic carbocycles. The quantitative estimate of drug-likeness (QED) is 0.852. The van der Waals surface area contributed by atoms with Crippen molar-refractivity contribution in [3.8, 4) is 0 Å². The van der Waals surface area contributed by atoms with E-state index in [-0.39, 0.29) is 0 Å². The van der Waals surface area contributed by atoms with Crippen LogP contribution in [0.5, 0.6) is 0 Å². The zero-order valence-corrected chi connectivity index (χ0v) is 13.1. The molecule has 21 heavy (non-hydrogen) atoms. The van der Waals surface area contributed by atoms with E-state index in [9.17, 15) is 0 Å². The first-order chi connectivity index (χ1) is 10.3. The van der Waals surface area contributed by atoms with Gasteiger partial charge in [-0.05, 0) is 50.0 Å². The van der Waals surface area contributed by atoms with Crippen molar-refractivity contribution in [3.05, 3.63) is 36.0 Å². The molecule has 0 saturated carbocycles. The van der Waals surface area contributed by atoms with E-state index in [4.69, 9.17) is 0 Å². The van der Waals surface area contributed by atoms with Crippen LogP contribution in [0.4, 0.5) is 0 Å². The van der Waals surface area contributed by atoms with Crippen LogP contribution in [0.1, 0.15) is 31.7 Å². The van der Waals surface area contributed by atoms with Gasteiger partial charge in [0.25, 0.3) is 0 Å². The van der Waals surface area contributed by atoms with E-state index in [0.29, 0.717) is 5.92 Å². The average molecular weight is 285 g/mol. The van der Waals surface area contributed by atoms with Crippen molar-refractivity contribution in [1.82, 2.24) is 15.2 Å². The Morgan fingerprint density at radius 2 is 2.00 bits per heavy atom. The smallest absolute Gasteiger partial charge is 0.0457 e. The normalized spacial score (nSPS) is 18.1. The molecular formula is C18H27N3. The maximum absolute atomic E-state index is 3.62. The zero-order chi connectivity index (χ0) is 14.5. The van der Waals surface area contributed by atoms with Crippen molar-refractivity contribution in [1.29, 1.82) is 0 Å². The molecule has 3 heteroatoms. The maximum Gasteiger partial charge on any atom is 0.0457 e. The van der Waals surface area contributed by atoms with Gasteiger partial charge in [0.1, 0.15) is 0 Å². The Balaban J connectivity index is 1.45. The Morgan fingerprint density at radius 3 is 2.86 bits per heavy atom. The van der Waals surface area contributed by atoms with Gasteiger partial charge < -0.3 is 15.2 Å². The number of piperidine rings is 1. The predicted octanol–water partition coefficient (Wildman–Crippen LogP) is 3.38. The van der Waals surface area contributed by atoms with Crippen LogP contribution in [0.15, 0.2) is 30.5 Å². The molecule has 1 aliphatic rings. The minimum atomic E-state index is 0.716. The molecule has 2 heterocycles. The minimum Gasteiger partial charge on any atom is -0.361 e. The molecule has 1 aliphatic heterocycles. The summed E-state index contributed by atoms with van der Waals surface area (Å²) in [6.07, 6.45) is 6.32. The number of H-pyrrole nitrogens is 1. The first kappa shape index (κ1) is 14.6. The number of likely N-dealkylation sites (tertiary alicyclic amines) is 1. The third-order valence-electron chi connectivity index (χ3n) is 4.50. The molecule has 114 valence electrons. The summed E-state index contributed by atoms with van der Waals surface area (Å²) in [7, 11) is 0. The molecule has 3 rings (SSSR count). The molecular weight excluding hydrogens is 258 g/mol. The molecule has 0 bridgehead atoms. The minimum absolute atomic E-state index is 0.716. The summed E-state index contributed by atoms with van der Waals surface area (Å²) in [5.74, 6) is 0.716. The molecule has 1 saturated heterocycles. The fourth-order valence-corrected chi connectivity index (χ4v) is 3.38. The van der Waals surface area contributed by atoms with Crippen molar-refractivity contribution in [2.45, 2.75) is 32.7 Å². The van der Waals surface area contributed by atoms with Crippen LogP contribution < -0.4 is 5.32 Å². The third kappa shape index (κ3) is 3.86. The summed E-state index contributed by atoms with van der Waals surface area (Å²) >= 11 is 0. The number of nitrogens with zero attached hydrogens (tertiary/aromatic N) is 1. The standard InChI is InChI=1S/C18H27N3/c1-15(14-21-9-5-2-6-10-21)11-19-12-16-13-20-18-8-4-3-7-17(16)18/h3-4,7-8,13,15,19-20H,2,5-6,9-12,14H2,1H3. The van der Waals surface area contributed by atoms with E-state index in [1.54, 1.807) is 0 Å². The molecule has 0 spiro atoms. The number of rotatable bonds is 6. The van der Waals surface area contributed by atoms with Gasteiger partial charge in [-0.1, -0.05) is 31.5 Å². The van der Waals surface area contributed by atoms with Gasteiger partial charge in [0, 0.05) is 30.2 Å². The van der Waals surface area contributed by atoms with Gasteiger partial charge in [-0.15, -0.1) is 0 Å². The number of para-hydroxylation sites is 1. The highest BCUT2D eigenvalue weighted by Gasteiger charge is 2.13. The number of fused-ring (bicyclic) bond motifs is 1. The lowest BCUT2D eigenvalue weighted by molar-refractivity contribution is 0.199. The summed E-state index contributed by atoms with van der Waals surface area (Å²) in [5, 5.41) is 4.96. The van der Waals surface area contributed by atoms with Gasteiger partial charge in [0.2, 0.25) is 0 Å². The lowest BCUT2D eigenvalue weighted by Gasteiger charge is -2.29. The number of nitrogens with one attached hydrogen (secondary N) is 2. The number of hydrogen-bond acceptors (Lipinski definition) is 2. The molecule has 0 radical (unpaired) electrons. The van der Waals surface area contributed by atoms with Crippen LogP contribution in [0, 0.1) is 5.92 Å². The highest BCUT2D eigenvalue weighted by atomic mass is 15.1.